The maximum absolute atomic E-state index is 6.21. The number of halogens is 1. The molecule has 2 unspecified atom stereocenters. The lowest BCUT2D eigenvalue weighted by Gasteiger charge is -2.36. The van der Waals surface area contributed by atoms with Crippen molar-refractivity contribution in [2.45, 2.75) is 59.1 Å². The highest BCUT2D eigenvalue weighted by Gasteiger charge is 2.30. The van der Waals surface area contributed by atoms with E-state index in [-0.39, 0.29) is 0 Å². The van der Waals surface area contributed by atoms with Crippen molar-refractivity contribution >= 4 is 15.9 Å². The fraction of sp³-hybridized carbons (Fsp3) is 0.647. The van der Waals surface area contributed by atoms with Crippen molar-refractivity contribution < 1.29 is 4.74 Å². The molecule has 0 aromatic heterocycles. The molecule has 2 rings (SSSR count). The largest absolute Gasteiger partial charge is 0.490 e. The third-order valence-electron chi connectivity index (χ3n) is 3.62. The van der Waals surface area contributed by atoms with Crippen molar-refractivity contribution in [1.82, 2.24) is 5.32 Å². The summed E-state index contributed by atoms with van der Waals surface area (Å²) in [5.74, 6) is 1.04. The summed E-state index contributed by atoms with van der Waals surface area (Å²) >= 11 is 3.57. The van der Waals surface area contributed by atoms with E-state index >= 15 is 0 Å². The lowest BCUT2D eigenvalue weighted by atomic mass is 9.85. The Morgan fingerprint density at radius 2 is 2.10 bits per heavy atom. The van der Waals surface area contributed by atoms with Gasteiger partial charge in [-0.2, -0.15) is 0 Å². The van der Waals surface area contributed by atoms with Crippen LogP contribution in [0.4, 0.5) is 0 Å². The molecule has 0 radical (unpaired) electrons. The quantitative estimate of drug-likeness (QED) is 0.825. The van der Waals surface area contributed by atoms with Gasteiger partial charge in [-0.1, -0.05) is 43.6 Å². The van der Waals surface area contributed by atoms with Gasteiger partial charge in [0.05, 0.1) is 0 Å². The minimum absolute atomic E-state index is 0.298. The van der Waals surface area contributed by atoms with Crippen LogP contribution in [0.5, 0.6) is 5.75 Å². The minimum atomic E-state index is 0.298. The van der Waals surface area contributed by atoms with Crippen LogP contribution in [0.15, 0.2) is 22.7 Å². The minimum Gasteiger partial charge on any atom is -0.490 e. The fourth-order valence-corrected chi connectivity index (χ4v) is 3.22. The molecule has 1 aromatic rings. The van der Waals surface area contributed by atoms with Gasteiger partial charge in [0.1, 0.15) is 11.9 Å². The molecule has 0 saturated heterocycles. The fourth-order valence-electron chi connectivity index (χ4n) is 2.84. The highest BCUT2D eigenvalue weighted by atomic mass is 79.9. The van der Waals surface area contributed by atoms with E-state index in [1.54, 1.807) is 0 Å². The zero-order valence-corrected chi connectivity index (χ0v) is 14.6. The monoisotopic (exact) mass is 339 g/mol. The first-order valence-corrected chi connectivity index (χ1v) is 8.38. The van der Waals surface area contributed by atoms with Gasteiger partial charge in [-0.25, -0.2) is 0 Å². The molecule has 0 spiro atoms. The van der Waals surface area contributed by atoms with Crippen LogP contribution in [0.1, 0.15) is 58.6 Å². The zero-order valence-electron chi connectivity index (χ0n) is 13.0. The van der Waals surface area contributed by atoms with Gasteiger partial charge in [0.2, 0.25) is 0 Å². The number of hydrogen-bond donors (Lipinski definition) is 1. The summed E-state index contributed by atoms with van der Waals surface area (Å²) in [4.78, 5) is 0. The molecule has 1 aliphatic heterocycles. The maximum atomic E-state index is 6.21. The third-order valence-corrected chi connectivity index (χ3v) is 4.11. The summed E-state index contributed by atoms with van der Waals surface area (Å²) < 4.78 is 7.33. The van der Waals surface area contributed by atoms with Crippen molar-refractivity contribution in [3.05, 3.63) is 28.2 Å². The lowest BCUT2D eigenvalue weighted by Crippen LogP contribution is -2.35. The molecule has 3 heteroatoms. The smallest absolute Gasteiger partial charge is 0.124 e. The summed E-state index contributed by atoms with van der Waals surface area (Å²) in [7, 11) is 0. The molecule has 0 saturated carbocycles. The SMILES string of the molecule is CCCNC1CC(CC(C)(C)C)Oc2ccc(Br)cc21. The highest BCUT2D eigenvalue weighted by Crippen LogP contribution is 2.39. The summed E-state index contributed by atoms with van der Waals surface area (Å²) in [5.41, 5.74) is 1.59. The van der Waals surface area contributed by atoms with Crippen molar-refractivity contribution in [2.24, 2.45) is 5.41 Å². The maximum Gasteiger partial charge on any atom is 0.124 e. The van der Waals surface area contributed by atoms with Gasteiger partial charge in [-0.15, -0.1) is 0 Å². The molecule has 20 heavy (non-hydrogen) atoms. The second-order valence-corrected chi connectivity index (χ2v) is 7.84. The summed E-state index contributed by atoms with van der Waals surface area (Å²) in [6.45, 7) is 10.1. The first-order chi connectivity index (χ1) is 9.39. The number of rotatable bonds is 4. The number of fused-ring (bicyclic) bond motifs is 1. The number of nitrogens with one attached hydrogen (secondary N) is 1. The zero-order chi connectivity index (χ0) is 14.8. The van der Waals surface area contributed by atoms with Crippen LogP contribution >= 0.6 is 15.9 Å². The van der Waals surface area contributed by atoms with Crippen LogP contribution < -0.4 is 10.1 Å². The van der Waals surface area contributed by atoms with E-state index in [4.69, 9.17) is 4.74 Å². The van der Waals surface area contributed by atoms with E-state index in [1.807, 2.05) is 0 Å². The number of hydrogen-bond acceptors (Lipinski definition) is 2. The molecule has 2 nitrogen and oxygen atoms in total. The van der Waals surface area contributed by atoms with Gasteiger partial charge >= 0.3 is 0 Å². The molecule has 1 aromatic carbocycles. The van der Waals surface area contributed by atoms with E-state index in [9.17, 15) is 0 Å². The molecule has 1 N–H and O–H groups in total. The second kappa shape index (κ2) is 6.48. The lowest BCUT2D eigenvalue weighted by molar-refractivity contribution is 0.105. The molecular formula is C17H26BrNO. The second-order valence-electron chi connectivity index (χ2n) is 6.93. The van der Waals surface area contributed by atoms with Crippen molar-refractivity contribution in [1.29, 1.82) is 0 Å². The standard InChI is InChI=1S/C17H26BrNO/c1-5-8-19-15-10-13(11-17(2,3)4)20-16-7-6-12(18)9-14(15)16/h6-7,9,13,15,19H,5,8,10-11H2,1-4H3. The Labute approximate surface area is 131 Å². The number of benzene rings is 1. The van der Waals surface area contributed by atoms with Crippen LogP contribution in [0.3, 0.4) is 0 Å². The van der Waals surface area contributed by atoms with E-state index in [0.717, 1.165) is 36.0 Å². The predicted octanol–water partition coefficient (Wildman–Crippen LogP) is 5.08. The summed E-state index contributed by atoms with van der Waals surface area (Å²) in [6.07, 6.45) is 3.61. The molecule has 0 fully saturated rings. The van der Waals surface area contributed by atoms with E-state index in [0.29, 0.717) is 17.6 Å². The summed E-state index contributed by atoms with van der Waals surface area (Å²) in [6, 6.07) is 6.75. The van der Waals surface area contributed by atoms with Gasteiger partial charge in [0.15, 0.2) is 0 Å². The number of ether oxygens (including phenoxy) is 1. The molecule has 0 aliphatic carbocycles. The Kier molecular flexibility index (Phi) is 5.14. The van der Waals surface area contributed by atoms with Gasteiger partial charge in [0, 0.05) is 22.5 Å². The van der Waals surface area contributed by atoms with Gasteiger partial charge < -0.3 is 10.1 Å². The average Bonchev–Trinajstić information content (AvgIpc) is 2.34. The van der Waals surface area contributed by atoms with E-state index in [2.05, 4.69) is 67.1 Å². The van der Waals surface area contributed by atoms with Crippen molar-refractivity contribution in [3.63, 3.8) is 0 Å². The molecule has 112 valence electrons. The molecule has 0 bridgehead atoms. The third kappa shape index (κ3) is 4.23. The average molecular weight is 340 g/mol. The Morgan fingerprint density at radius 3 is 2.75 bits per heavy atom. The molecule has 2 atom stereocenters. The van der Waals surface area contributed by atoms with Crippen LogP contribution in [0.2, 0.25) is 0 Å². The molecule has 1 heterocycles. The van der Waals surface area contributed by atoms with E-state index < -0.39 is 0 Å². The molecule has 1 aliphatic rings. The normalized spacial score (nSPS) is 22.2. The van der Waals surface area contributed by atoms with Gasteiger partial charge in [-0.3, -0.25) is 0 Å². The van der Waals surface area contributed by atoms with Gasteiger partial charge in [0.25, 0.3) is 0 Å². The predicted molar refractivity (Wildman–Crippen MR) is 88.3 cm³/mol. The van der Waals surface area contributed by atoms with Crippen LogP contribution in [-0.4, -0.2) is 12.6 Å². The topological polar surface area (TPSA) is 21.3 Å². The van der Waals surface area contributed by atoms with Crippen LogP contribution in [0, 0.1) is 5.41 Å². The van der Waals surface area contributed by atoms with Crippen LogP contribution in [0.25, 0.3) is 0 Å². The summed E-state index contributed by atoms with van der Waals surface area (Å²) in [5, 5.41) is 3.67. The first-order valence-electron chi connectivity index (χ1n) is 7.58. The first kappa shape index (κ1) is 15.8. The van der Waals surface area contributed by atoms with Crippen molar-refractivity contribution in [3.8, 4) is 5.75 Å². The highest BCUT2D eigenvalue weighted by molar-refractivity contribution is 9.10. The molecular weight excluding hydrogens is 314 g/mol. The Balaban J connectivity index is 2.20. The Morgan fingerprint density at radius 1 is 1.35 bits per heavy atom. The Bertz CT molecular complexity index is 453. The molecule has 0 amide bonds. The van der Waals surface area contributed by atoms with Crippen LogP contribution in [-0.2, 0) is 0 Å². The van der Waals surface area contributed by atoms with E-state index in [1.165, 1.54) is 5.56 Å². The van der Waals surface area contributed by atoms with Crippen molar-refractivity contribution in [2.75, 3.05) is 6.54 Å². The Hall–Kier alpha value is -0.540. The van der Waals surface area contributed by atoms with Gasteiger partial charge in [-0.05, 0) is 43.0 Å².